The second-order valence-electron chi connectivity index (χ2n) is 5.82. The average molecular weight is 402 g/mol. The van der Waals surface area contributed by atoms with Crippen molar-refractivity contribution in [2.24, 2.45) is 0 Å². The highest BCUT2D eigenvalue weighted by molar-refractivity contribution is 7.89. The summed E-state index contributed by atoms with van der Waals surface area (Å²) < 4.78 is 75.5. The van der Waals surface area contributed by atoms with Gasteiger partial charge in [-0.3, -0.25) is 0 Å². The molecular weight excluding hydrogens is 385 g/mol. The number of benzene rings is 1. The maximum absolute atomic E-state index is 12.7. The van der Waals surface area contributed by atoms with Crippen LogP contribution in [0.15, 0.2) is 47.5 Å². The molecule has 1 aliphatic rings. The molecule has 2 heterocycles. The number of halogens is 3. The van der Waals surface area contributed by atoms with Gasteiger partial charge in [-0.2, -0.15) is 17.5 Å². The SMILES string of the molecule is CCOc1ccccc1S(=O)(=O)N1CC(Oc2cc(C(F)(F)F)ccn2)C1. The standard InChI is InChI=1S/C17H17F3N2O4S/c1-2-25-14-5-3-4-6-15(14)27(23,24)22-10-13(11-22)26-16-9-12(7-8-21-16)17(18,19)20/h3-9,13H,2,10-11H2,1H3. The first-order valence-corrected chi connectivity index (χ1v) is 9.57. The Hall–Kier alpha value is -2.33. The van der Waals surface area contributed by atoms with Gasteiger partial charge in [-0.1, -0.05) is 12.1 Å². The van der Waals surface area contributed by atoms with E-state index in [4.69, 9.17) is 9.47 Å². The molecule has 1 aliphatic heterocycles. The lowest BCUT2D eigenvalue weighted by Gasteiger charge is -2.37. The van der Waals surface area contributed by atoms with Crippen LogP contribution >= 0.6 is 0 Å². The fourth-order valence-electron chi connectivity index (χ4n) is 2.57. The molecule has 0 spiro atoms. The minimum Gasteiger partial charge on any atom is -0.492 e. The van der Waals surface area contributed by atoms with Crippen molar-refractivity contribution in [1.29, 1.82) is 0 Å². The molecule has 146 valence electrons. The summed E-state index contributed by atoms with van der Waals surface area (Å²) in [6, 6.07) is 7.91. The largest absolute Gasteiger partial charge is 0.492 e. The average Bonchev–Trinajstić information content (AvgIpc) is 2.58. The van der Waals surface area contributed by atoms with E-state index in [0.717, 1.165) is 18.3 Å². The van der Waals surface area contributed by atoms with E-state index in [-0.39, 0.29) is 29.6 Å². The van der Waals surface area contributed by atoms with E-state index in [2.05, 4.69) is 4.98 Å². The summed E-state index contributed by atoms with van der Waals surface area (Å²) in [7, 11) is -3.78. The van der Waals surface area contributed by atoms with Gasteiger partial charge >= 0.3 is 6.18 Å². The van der Waals surface area contributed by atoms with Crippen LogP contribution in [0, 0.1) is 0 Å². The van der Waals surface area contributed by atoms with Crippen LogP contribution in [-0.4, -0.2) is 43.5 Å². The number of aromatic nitrogens is 1. The molecule has 0 saturated carbocycles. The van der Waals surface area contributed by atoms with E-state index in [9.17, 15) is 21.6 Å². The zero-order valence-corrected chi connectivity index (χ0v) is 15.1. The highest BCUT2D eigenvalue weighted by atomic mass is 32.2. The summed E-state index contributed by atoms with van der Waals surface area (Å²) in [5, 5.41) is 0. The van der Waals surface area contributed by atoms with E-state index < -0.39 is 27.9 Å². The first-order valence-electron chi connectivity index (χ1n) is 8.13. The molecule has 6 nitrogen and oxygen atoms in total. The van der Waals surface area contributed by atoms with E-state index in [1.54, 1.807) is 25.1 Å². The number of ether oxygens (including phenoxy) is 2. The molecule has 1 saturated heterocycles. The minimum absolute atomic E-state index is 0.0146. The fourth-order valence-corrected chi connectivity index (χ4v) is 4.20. The Morgan fingerprint density at radius 3 is 2.59 bits per heavy atom. The lowest BCUT2D eigenvalue weighted by molar-refractivity contribution is -0.137. The van der Waals surface area contributed by atoms with Crippen LogP contribution in [0.2, 0.25) is 0 Å². The van der Waals surface area contributed by atoms with Gasteiger partial charge in [-0.25, -0.2) is 13.4 Å². The van der Waals surface area contributed by atoms with Gasteiger partial charge in [0.25, 0.3) is 0 Å². The quantitative estimate of drug-likeness (QED) is 0.743. The molecule has 0 aliphatic carbocycles. The Morgan fingerprint density at radius 2 is 1.93 bits per heavy atom. The van der Waals surface area contributed by atoms with Crippen LogP contribution in [0.1, 0.15) is 12.5 Å². The summed E-state index contributed by atoms with van der Waals surface area (Å²) in [4.78, 5) is 3.79. The Kier molecular flexibility index (Phi) is 5.29. The first-order chi connectivity index (χ1) is 12.7. The zero-order chi connectivity index (χ0) is 19.7. The number of hydrogen-bond donors (Lipinski definition) is 0. The molecule has 0 radical (unpaired) electrons. The van der Waals surface area contributed by atoms with E-state index in [1.165, 1.54) is 10.4 Å². The van der Waals surface area contributed by atoms with Crippen LogP contribution in [0.5, 0.6) is 11.6 Å². The van der Waals surface area contributed by atoms with Crippen molar-refractivity contribution in [3.63, 3.8) is 0 Å². The van der Waals surface area contributed by atoms with E-state index in [0.29, 0.717) is 6.61 Å². The molecule has 1 aromatic heterocycles. The molecule has 0 N–H and O–H groups in total. The predicted molar refractivity (Wildman–Crippen MR) is 90.0 cm³/mol. The van der Waals surface area contributed by atoms with Crippen molar-refractivity contribution in [2.45, 2.75) is 24.1 Å². The molecular formula is C17H17F3N2O4S. The van der Waals surface area contributed by atoms with Gasteiger partial charge in [0, 0.05) is 12.3 Å². The van der Waals surface area contributed by atoms with Crippen LogP contribution in [0.25, 0.3) is 0 Å². The summed E-state index contributed by atoms with van der Waals surface area (Å²) in [5.41, 5.74) is -0.873. The number of alkyl halides is 3. The Bertz CT molecular complexity index is 912. The molecule has 1 fully saturated rings. The number of nitrogens with zero attached hydrogens (tertiary/aromatic N) is 2. The molecule has 0 bridgehead atoms. The van der Waals surface area contributed by atoms with Gasteiger partial charge in [0.1, 0.15) is 16.7 Å². The molecule has 0 atom stereocenters. The summed E-state index contributed by atoms with van der Waals surface area (Å²) in [6.45, 7) is 2.10. The van der Waals surface area contributed by atoms with Crippen molar-refractivity contribution >= 4 is 10.0 Å². The van der Waals surface area contributed by atoms with Crippen molar-refractivity contribution in [3.8, 4) is 11.6 Å². The second kappa shape index (κ2) is 7.35. The first kappa shape index (κ1) is 19.4. The smallest absolute Gasteiger partial charge is 0.416 e. The summed E-state index contributed by atoms with van der Waals surface area (Å²) >= 11 is 0. The molecule has 10 heteroatoms. The van der Waals surface area contributed by atoms with Gasteiger partial charge < -0.3 is 9.47 Å². The van der Waals surface area contributed by atoms with Crippen molar-refractivity contribution < 1.29 is 31.1 Å². The maximum Gasteiger partial charge on any atom is 0.416 e. The number of pyridine rings is 1. The topological polar surface area (TPSA) is 68.7 Å². The normalized spacial score (nSPS) is 16.0. The maximum atomic E-state index is 12.7. The van der Waals surface area contributed by atoms with E-state index >= 15 is 0 Å². The summed E-state index contributed by atoms with van der Waals surface area (Å²) in [6.07, 6.45) is -4.07. The minimum atomic E-state index is -4.50. The van der Waals surface area contributed by atoms with Gasteiger partial charge in [-0.05, 0) is 25.1 Å². The Balaban J connectivity index is 1.68. The highest BCUT2D eigenvalue weighted by Gasteiger charge is 2.40. The van der Waals surface area contributed by atoms with Gasteiger partial charge in [-0.15, -0.1) is 0 Å². The van der Waals surface area contributed by atoms with Crippen LogP contribution in [0.3, 0.4) is 0 Å². The third-order valence-corrected chi connectivity index (χ3v) is 5.80. The summed E-state index contributed by atoms with van der Waals surface area (Å²) in [5.74, 6) is 0.0607. The third-order valence-electron chi connectivity index (χ3n) is 3.93. The highest BCUT2D eigenvalue weighted by Crippen LogP contribution is 2.32. The van der Waals surface area contributed by atoms with Crippen molar-refractivity contribution in [1.82, 2.24) is 9.29 Å². The number of para-hydroxylation sites is 1. The van der Waals surface area contributed by atoms with Gasteiger partial charge in [0.15, 0.2) is 0 Å². The van der Waals surface area contributed by atoms with E-state index in [1.807, 2.05) is 0 Å². The lowest BCUT2D eigenvalue weighted by Crippen LogP contribution is -2.56. The molecule has 0 unspecified atom stereocenters. The van der Waals surface area contributed by atoms with Crippen molar-refractivity contribution in [2.75, 3.05) is 19.7 Å². The van der Waals surface area contributed by atoms with Gasteiger partial charge in [0.2, 0.25) is 15.9 Å². The fraction of sp³-hybridized carbons (Fsp3) is 0.353. The molecule has 27 heavy (non-hydrogen) atoms. The van der Waals surface area contributed by atoms with Gasteiger partial charge in [0.05, 0.1) is 25.3 Å². The van der Waals surface area contributed by atoms with Crippen molar-refractivity contribution in [3.05, 3.63) is 48.2 Å². The Labute approximate surface area is 154 Å². The molecule has 2 aromatic rings. The van der Waals surface area contributed by atoms with Crippen LogP contribution < -0.4 is 9.47 Å². The number of sulfonamides is 1. The Morgan fingerprint density at radius 1 is 1.22 bits per heavy atom. The predicted octanol–water partition coefficient (Wildman–Crippen LogP) is 2.95. The lowest BCUT2D eigenvalue weighted by atomic mass is 10.2. The monoisotopic (exact) mass is 402 g/mol. The second-order valence-corrected chi connectivity index (χ2v) is 7.73. The van der Waals surface area contributed by atoms with Crippen LogP contribution in [-0.2, 0) is 16.2 Å². The van der Waals surface area contributed by atoms with Crippen LogP contribution in [0.4, 0.5) is 13.2 Å². The zero-order valence-electron chi connectivity index (χ0n) is 14.3. The molecule has 3 rings (SSSR count). The molecule has 0 amide bonds. The number of hydrogen-bond acceptors (Lipinski definition) is 5. The third kappa shape index (κ3) is 4.16. The number of rotatable bonds is 6. The molecule has 1 aromatic carbocycles.